The molecule has 5 nitrogen and oxygen atoms in total. The number of methoxy groups -OCH3 is 1. The minimum Gasteiger partial charge on any atom is -0.496 e. The Morgan fingerprint density at radius 2 is 2.29 bits per heavy atom. The Bertz CT molecular complexity index is 601. The van der Waals surface area contributed by atoms with Gasteiger partial charge in [0.25, 0.3) is 0 Å². The quantitative estimate of drug-likeness (QED) is 0.920. The van der Waals surface area contributed by atoms with Gasteiger partial charge in [0.2, 0.25) is 17.5 Å². The number of benzene rings is 1. The third-order valence-electron chi connectivity index (χ3n) is 2.16. The van der Waals surface area contributed by atoms with E-state index in [2.05, 4.69) is 20.9 Å². The second-order valence-corrected chi connectivity index (χ2v) is 4.05. The van der Waals surface area contributed by atoms with Gasteiger partial charge in [-0.3, -0.25) is 0 Å². The summed E-state index contributed by atoms with van der Waals surface area (Å²) in [4.78, 5) is 3.98. The molecule has 2 N–H and O–H groups in total. The first kappa shape index (κ1) is 11.5. The zero-order valence-electron chi connectivity index (χ0n) is 8.90. The molecule has 0 radical (unpaired) electrons. The van der Waals surface area contributed by atoms with Crippen molar-refractivity contribution in [2.75, 3.05) is 12.8 Å². The molecule has 0 amide bonds. The van der Waals surface area contributed by atoms with Crippen LogP contribution in [0.3, 0.4) is 0 Å². The largest absolute Gasteiger partial charge is 0.496 e. The van der Waals surface area contributed by atoms with Gasteiger partial charge in [-0.1, -0.05) is 0 Å². The van der Waals surface area contributed by atoms with E-state index in [9.17, 15) is 0 Å². The highest BCUT2D eigenvalue weighted by Gasteiger charge is 2.12. The fraction of sp³-hybridized carbons (Fsp3) is 0.0909. The highest BCUT2D eigenvalue weighted by Crippen LogP contribution is 2.31. The van der Waals surface area contributed by atoms with E-state index in [1.807, 2.05) is 6.07 Å². The first-order valence-corrected chi connectivity index (χ1v) is 5.45. The predicted molar refractivity (Wildman–Crippen MR) is 65.3 cm³/mol. The summed E-state index contributed by atoms with van der Waals surface area (Å²) in [6.45, 7) is 0. The van der Waals surface area contributed by atoms with Gasteiger partial charge >= 0.3 is 0 Å². The molecule has 0 aliphatic heterocycles. The molecule has 0 saturated heterocycles. The van der Waals surface area contributed by atoms with Crippen LogP contribution in [0, 0.1) is 11.3 Å². The van der Waals surface area contributed by atoms with E-state index in [-0.39, 0.29) is 11.6 Å². The number of nitriles is 1. The zero-order valence-corrected chi connectivity index (χ0v) is 10.5. The van der Waals surface area contributed by atoms with Gasteiger partial charge in [-0.05, 0) is 34.1 Å². The topological polar surface area (TPSA) is 85.1 Å². The Kier molecular flexibility index (Phi) is 3.02. The Hall–Kier alpha value is -2.00. The SMILES string of the molecule is COc1ccc(-c2nc(C#N)c(N)o2)cc1Br. The van der Waals surface area contributed by atoms with Gasteiger partial charge in [-0.15, -0.1) is 0 Å². The standard InChI is InChI=1S/C11H8BrN3O2/c1-16-9-3-2-6(4-7(9)12)11-15-8(5-13)10(14)17-11/h2-4H,14H2,1H3. The molecule has 0 atom stereocenters. The zero-order chi connectivity index (χ0) is 12.4. The van der Waals surface area contributed by atoms with Crippen LogP contribution in [0.1, 0.15) is 5.69 Å². The lowest BCUT2D eigenvalue weighted by Gasteiger charge is -2.03. The maximum atomic E-state index is 8.73. The molecule has 1 heterocycles. The van der Waals surface area contributed by atoms with Crippen molar-refractivity contribution in [3.8, 4) is 23.3 Å². The summed E-state index contributed by atoms with van der Waals surface area (Å²) in [5.74, 6) is 1.03. The minimum atomic E-state index is 0.0226. The van der Waals surface area contributed by atoms with Gasteiger partial charge in [-0.2, -0.15) is 10.2 Å². The maximum absolute atomic E-state index is 8.73. The second-order valence-electron chi connectivity index (χ2n) is 3.19. The Morgan fingerprint density at radius 1 is 1.53 bits per heavy atom. The van der Waals surface area contributed by atoms with Crippen LogP contribution < -0.4 is 10.5 Å². The smallest absolute Gasteiger partial charge is 0.230 e. The number of oxazole rings is 1. The third kappa shape index (κ3) is 2.10. The van der Waals surface area contributed by atoms with Gasteiger partial charge in [0, 0.05) is 5.56 Å². The summed E-state index contributed by atoms with van der Waals surface area (Å²) in [6.07, 6.45) is 0. The van der Waals surface area contributed by atoms with Crippen molar-refractivity contribution in [2.24, 2.45) is 0 Å². The number of nitrogens with two attached hydrogens (primary N) is 1. The van der Waals surface area contributed by atoms with Crippen LogP contribution in [-0.4, -0.2) is 12.1 Å². The summed E-state index contributed by atoms with van der Waals surface area (Å²) in [5, 5.41) is 8.73. The van der Waals surface area contributed by atoms with E-state index in [0.717, 1.165) is 4.47 Å². The molecule has 1 aromatic carbocycles. The van der Waals surface area contributed by atoms with Crippen LogP contribution in [0.15, 0.2) is 27.1 Å². The lowest BCUT2D eigenvalue weighted by atomic mass is 10.2. The monoisotopic (exact) mass is 293 g/mol. The predicted octanol–water partition coefficient (Wildman–Crippen LogP) is 2.57. The molecule has 0 saturated carbocycles. The van der Waals surface area contributed by atoms with Crippen LogP contribution in [-0.2, 0) is 0 Å². The van der Waals surface area contributed by atoms with E-state index < -0.39 is 0 Å². The van der Waals surface area contributed by atoms with E-state index in [1.165, 1.54) is 0 Å². The third-order valence-corrected chi connectivity index (χ3v) is 2.78. The second kappa shape index (κ2) is 4.47. The molecule has 0 aliphatic carbocycles. The summed E-state index contributed by atoms with van der Waals surface area (Å²) < 4.78 is 11.1. The number of aromatic nitrogens is 1. The lowest BCUT2D eigenvalue weighted by molar-refractivity contribution is 0.412. The molecule has 0 bridgehead atoms. The number of hydrogen-bond donors (Lipinski definition) is 1. The van der Waals surface area contributed by atoms with Crippen LogP contribution in [0.5, 0.6) is 5.75 Å². The molecule has 6 heteroatoms. The van der Waals surface area contributed by atoms with Crippen molar-refractivity contribution >= 4 is 21.8 Å². The van der Waals surface area contributed by atoms with Crippen molar-refractivity contribution in [1.29, 1.82) is 5.26 Å². The Labute approximate surface area is 106 Å². The summed E-state index contributed by atoms with van der Waals surface area (Å²) in [5.41, 5.74) is 6.30. The average molecular weight is 294 g/mol. The van der Waals surface area contributed by atoms with Crippen LogP contribution in [0.4, 0.5) is 5.88 Å². The number of nitrogens with zero attached hydrogens (tertiary/aromatic N) is 2. The van der Waals surface area contributed by atoms with Crippen LogP contribution in [0.25, 0.3) is 11.5 Å². The van der Waals surface area contributed by atoms with Gasteiger partial charge in [0.15, 0.2) is 0 Å². The molecule has 0 aliphatic rings. The first-order chi connectivity index (χ1) is 8.15. The van der Waals surface area contributed by atoms with Gasteiger partial charge in [0.05, 0.1) is 11.6 Å². The molecule has 17 heavy (non-hydrogen) atoms. The number of hydrogen-bond acceptors (Lipinski definition) is 5. The lowest BCUT2D eigenvalue weighted by Crippen LogP contribution is -1.85. The van der Waals surface area contributed by atoms with Crippen LogP contribution in [0.2, 0.25) is 0 Å². The molecular formula is C11H8BrN3O2. The van der Waals surface area contributed by atoms with E-state index >= 15 is 0 Å². The van der Waals surface area contributed by atoms with Gasteiger partial charge in [0.1, 0.15) is 11.8 Å². The number of rotatable bonds is 2. The van der Waals surface area contributed by atoms with Crippen molar-refractivity contribution < 1.29 is 9.15 Å². The number of ether oxygens (including phenoxy) is 1. The van der Waals surface area contributed by atoms with Gasteiger partial charge in [-0.25, -0.2) is 0 Å². The number of nitrogen functional groups attached to an aromatic ring is 1. The first-order valence-electron chi connectivity index (χ1n) is 4.66. The molecular weight excluding hydrogens is 286 g/mol. The van der Waals surface area contributed by atoms with E-state index in [1.54, 1.807) is 25.3 Å². The summed E-state index contributed by atoms with van der Waals surface area (Å²) in [7, 11) is 1.58. The normalized spacial score (nSPS) is 9.94. The molecule has 0 fully saturated rings. The highest BCUT2D eigenvalue weighted by molar-refractivity contribution is 9.10. The fourth-order valence-electron chi connectivity index (χ4n) is 1.33. The Balaban J connectivity index is 2.47. The number of halogens is 1. The minimum absolute atomic E-state index is 0.0226. The molecule has 1 aromatic heterocycles. The Morgan fingerprint density at radius 3 is 2.82 bits per heavy atom. The van der Waals surface area contributed by atoms with Crippen molar-refractivity contribution in [1.82, 2.24) is 4.98 Å². The van der Waals surface area contributed by atoms with E-state index in [4.69, 9.17) is 20.1 Å². The maximum Gasteiger partial charge on any atom is 0.230 e. The molecule has 86 valence electrons. The van der Waals surface area contributed by atoms with Crippen molar-refractivity contribution in [3.63, 3.8) is 0 Å². The van der Waals surface area contributed by atoms with E-state index in [0.29, 0.717) is 17.2 Å². The molecule has 0 unspecified atom stereocenters. The van der Waals surface area contributed by atoms with Crippen LogP contribution >= 0.6 is 15.9 Å². The van der Waals surface area contributed by atoms with Crippen molar-refractivity contribution in [3.05, 3.63) is 28.4 Å². The summed E-state index contributed by atoms with van der Waals surface area (Å²) >= 11 is 3.36. The average Bonchev–Trinajstić information content (AvgIpc) is 2.70. The molecule has 0 spiro atoms. The van der Waals surface area contributed by atoms with Gasteiger partial charge < -0.3 is 14.9 Å². The van der Waals surface area contributed by atoms with Crippen molar-refractivity contribution in [2.45, 2.75) is 0 Å². The molecule has 2 rings (SSSR count). The molecule has 2 aromatic rings. The highest BCUT2D eigenvalue weighted by atomic mass is 79.9. The number of anilines is 1. The summed E-state index contributed by atoms with van der Waals surface area (Å²) in [6, 6.07) is 7.18. The fourth-order valence-corrected chi connectivity index (χ4v) is 1.88.